The van der Waals surface area contributed by atoms with Gasteiger partial charge in [0.1, 0.15) is 17.2 Å². The second-order valence-corrected chi connectivity index (χ2v) is 8.89. The number of aryl methyl sites for hydroxylation is 2. The van der Waals surface area contributed by atoms with Crippen molar-refractivity contribution >= 4 is 34.7 Å². The van der Waals surface area contributed by atoms with Gasteiger partial charge >= 0.3 is 0 Å². The molecule has 2 aromatic carbocycles. The molecule has 1 aliphatic heterocycles. The van der Waals surface area contributed by atoms with Crippen molar-refractivity contribution in [2.24, 2.45) is 0 Å². The number of aromatic nitrogens is 2. The van der Waals surface area contributed by atoms with Gasteiger partial charge in [-0.15, -0.1) is 0 Å². The number of nitrogens with one attached hydrogen (secondary N) is 2. The summed E-state index contributed by atoms with van der Waals surface area (Å²) in [5.41, 5.74) is 4.85. The van der Waals surface area contributed by atoms with Crippen molar-refractivity contribution in [3.05, 3.63) is 83.7 Å². The van der Waals surface area contributed by atoms with Crippen molar-refractivity contribution in [1.29, 1.82) is 0 Å². The Kier molecular flexibility index (Phi) is 6.58. The fourth-order valence-corrected chi connectivity index (χ4v) is 4.48. The van der Waals surface area contributed by atoms with Gasteiger partial charge in [0.05, 0.1) is 16.9 Å². The van der Waals surface area contributed by atoms with Crippen LogP contribution >= 0.6 is 0 Å². The van der Waals surface area contributed by atoms with Crippen LogP contribution in [-0.2, 0) is 17.6 Å². The van der Waals surface area contributed by atoms with Crippen molar-refractivity contribution in [2.75, 3.05) is 35.7 Å². The Morgan fingerprint density at radius 2 is 2.00 bits per heavy atom. The van der Waals surface area contributed by atoms with Crippen LogP contribution in [0.2, 0.25) is 0 Å². The highest BCUT2D eigenvalue weighted by Crippen LogP contribution is 2.31. The van der Waals surface area contributed by atoms with Gasteiger partial charge in [-0.2, -0.15) is 0 Å². The second kappa shape index (κ2) is 10.1. The lowest BCUT2D eigenvalue weighted by Crippen LogP contribution is -2.25. The quantitative estimate of drug-likeness (QED) is 0.384. The molecular formula is C28H29N5O3. The van der Waals surface area contributed by atoms with E-state index in [9.17, 15) is 9.59 Å². The van der Waals surface area contributed by atoms with Gasteiger partial charge in [0, 0.05) is 31.5 Å². The lowest BCUT2D eigenvalue weighted by molar-refractivity contribution is -0.118. The molecule has 0 bridgehead atoms. The van der Waals surface area contributed by atoms with Crippen molar-refractivity contribution in [3.8, 4) is 5.75 Å². The third-order valence-corrected chi connectivity index (χ3v) is 6.30. The zero-order valence-corrected chi connectivity index (χ0v) is 20.5. The Balaban J connectivity index is 1.34. The van der Waals surface area contributed by atoms with Crippen LogP contribution in [0.15, 0.2) is 66.9 Å². The smallest absolute Gasteiger partial charge is 0.262 e. The summed E-state index contributed by atoms with van der Waals surface area (Å²) in [6, 6.07) is 19.3. The summed E-state index contributed by atoms with van der Waals surface area (Å²) in [5, 5.41) is 5.68. The first-order chi connectivity index (χ1) is 17.5. The van der Waals surface area contributed by atoms with Gasteiger partial charge in [-0.1, -0.05) is 37.3 Å². The van der Waals surface area contributed by atoms with Crippen molar-refractivity contribution in [2.45, 2.75) is 26.2 Å². The SMILES string of the molecule is CCc1nc2ccc(C(=O)Nc3ccc4c(c3)OCC(=O)N4)cn2c1N(C)CCCc1ccccc1. The lowest BCUT2D eigenvalue weighted by Gasteiger charge is -2.20. The molecule has 0 fully saturated rings. The number of fused-ring (bicyclic) bond motifs is 2. The predicted molar refractivity (Wildman–Crippen MR) is 141 cm³/mol. The van der Waals surface area contributed by atoms with E-state index < -0.39 is 0 Å². The maximum absolute atomic E-state index is 13.1. The summed E-state index contributed by atoms with van der Waals surface area (Å²) < 4.78 is 7.46. The van der Waals surface area contributed by atoms with Crippen molar-refractivity contribution < 1.29 is 14.3 Å². The van der Waals surface area contributed by atoms with Gasteiger partial charge in [0.15, 0.2) is 6.61 Å². The fourth-order valence-electron chi connectivity index (χ4n) is 4.48. The molecule has 0 radical (unpaired) electrons. The Morgan fingerprint density at radius 1 is 1.17 bits per heavy atom. The minimum absolute atomic E-state index is 0.0386. The van der Waals surface area contributed by atoms with Crippen LogP contribution in [0.5, 0.6) is 5.75 Å². The van der Waals surface area contributed by atoms with Gasteiger partial charge in [-0.3, -0.25) is 14.0 Å². The van der Waals surface area contributed by atoms with Crippen LogP contribution in [-0.4, -0.2) is 41.4 Å². The molecule has 0 unspecified atom stereocenters. The Morgan fingerprint density at radius 3 is 2.81 bits per heavy atom. The van der Waals surface area contributed by atoms with Gasteiger partial charge in [0.25, 0.3) is 11.8 Å². The van der Waals surface area contributed by atoms with Crippen LogP contribution in [0, 0.1) is 0 Å². The molecule has 4 aromatic rings. The molecule has 0 atom stereocenters. The summed E-state index contributed by atoms with van der Waals surface area (Å²) in [5.74, 6) is 1.11. The highest BCUT2D eigenvalue weighted by molar-refractivity contribution is 6.05. The molecule has 36 heavy (non-hydrogen) atoms. The standard InChI is InChI=1S/C28H29N5O3/c1-3-22-28(32(2)15-7-10-19-8-5-4-6-9-19)33-17-20(11-14-25(33)30-22)27(35)29-21-12-13-23-24(16-21)36-18-26(34)31-23/h4-6,8-9,11-14,16-17H,3,7,10,15,18H2,1-2H3,(H,29,35)(H,31,34). The topological polar surface area (TPSA) is 88.0 Å². The third kappa shape index (κ3) is 4.88. The molecule has 2 amide bonds. The number of ether oxygens (including phenoxy) is 1. The predicted octanol–water partition coefficient (Wildman–Crippen LogP) is 4.55. The molecule has 5 rings (SSSR count). The largest absolute Gasteiger partial charge is 0.482 e. The first kappa shape index (κ1) is 23.4. The van der Waals surface area contributed by atoms with Crippen molar-refractivity contribution in [3.63, 3.8) is 0 Å². The second-order valence-electron chi connectivity index (χ2n) is 8.89. The Labute approximate surface area is 209 Å². The van der Waals surface area contributed by atoms with E-state index in [0.29, 0.717) is 22.7 Å². The minimum Gasteiger partial charge on any atom is -0.482 e. The zero-order chi connectivity index (χ0) is 25.1. The summed E-state index contributed by atoms with van der Waals surface area (Å²) >= 11 is 0. The molecule has 0 spiro atoms. The normalized spacial score (nSPS) is 12.6. The molecule has 8 nitrogen and oxygen atoms in total. The molecule has 0 saturated heterocycles. The van der Waals surface area contributed by atoms with Gasteiger partial charge in [-0.05, 0) is 49.1 Å². The number of rotatable bonds is 8. The third-order valence-electron chi connectivity index (χ3n) is 6.30. The number of benzene rings is 2. The highest BCUT2D eigenvalue weighted by Gasteiger charge is 2.19. The average Bonchev–Trinajstić information content (AvgIpc) is 3.27. The number of carbonyl (C=O) groups is 2. The van der Waals surface area contributed by atoms with E-state index in [-0.39, 0.29) is 18.4 Å². The molecule has 0 saturated carbocycles. The van der Waals surface area contributed by atoms with E-state index in [1.54, 1.807) is 24.3 Å². The maximum atomic E-state index is 13.1. The number of carbonyl (C=O) groups excluding carboxylic acids is 2. The summed E-state index contributed by atoms with van der Waals surface area (Å²) in [6.07, 6.45) is 4.66. The molecule has 8 heteroatoms. The average molecular weight is 484 g/mol. The number of nitrogens with zero attached hydrogens (tertiary/aromatic N) is 3. The number of hydrogen-bond donors (Lipinski definition) is 2. The molecule has 184 valence electrons. The maximum Gasteiger partial charge on any atom is 0.262 e. The van der Waals surface area contributed by atoms with E-state index in [2.05, 4.69) is 53.8 Å². The van der Waals surface area contributed by atoms with Gasteiger partial charge in [-0.25, -0.2) is 4.98 Å². The van der Waals surface area contributed by atoms with Crippen LogP contribution in [0.4, 0.5) is 17.2 Å². The molecule has 2 N–H and O–H groups in total. The zero-order valence-electron chi connectivity index (χ0n) is 20.5. The molecule has 1 aliphatic rings. The molecule has 3 heterocycles. The van der Waals surface area contributed by atoms with Gasteiger partial charge in [0.2, 0.25) is 0 Å². The summed E-state index contributed by atoms with van der Waals surface area (Å²) in [6.45, 7) is 2.93. The number of imidazole rings is 1. The monoisotopic (exact) mass is 483 g/mol. The van der Waals surface area contributed by atoms with E-state index >= 15 is 0 Å². The summed E-state index contributed by atoms with van der Waals surface area (Å²) in [7, 11) is 2.08. The summed E-state index contributed by atoms with van der Waals surface area (Å²) in [4.78, 5) is 31.6. The van der Waals surface area contributed by atoms with Crippen LogP contribution in [0.25, 0.3) is 5.65 Å². The van der Waals surface area contributed by atoms with Crippen molar-refractivity contribution in [1.82, 2.24) is 9.38 Å². The van der Waals surface area contributed by atoms with Gasteiger partial charge < -0.3 is 20.3 Å². The molecular weight excluding hydrogens is 454 g/mol. The first-order valence-corrected chi connectivity index (χ1v) is 12.2. The van der Waals surface area contributed by atoms with Crippen LogP contribution in [0.1, 0.15) is 35.0 Å². The lowest BCUT2D eigenvalue weighted by atomic mass is 10.1. The first-order valence-electron chi connectivity index (χ1n) is 12.2. The van der Waals surface area contributed by atoms with Crippen LogP contribution < -0.4 is 20.3 Å². The van der Waals surface area contributed by atoms with E-state index in [0.717, 1.165) is 43.0 Å². The Hall–Kier alpha value is -4.33. The molecule has 2 aromatic heterocycles. The number of anilines is 3. The minimum atomic E-state index is -0.235. The van der Waals surface area contributed by atoms with E-state index in [1.165, 1.54) is 5.56 Å². The highest BCUT2D eigenvalue weighted by atomic mass is 16.5. The number of pyridine rings is 1. The van der Waals surface area contributed by atoms with E-state index in [1.807, 2.05) is 22.7 Å². The van der Waals surface area contributed by atoms with E-state index in [4.69, 9.17) is 9.72 Å². The number of amides is 2. The Bertz CT molecular complexity index is 1410. The molecule has 0 aliphatic carbocycles. The number of hydrogen-bond acceptors (Lipinski definition) is 5. The van der Waals surface area contributed by atoms with Crippen LogP contribution in [0.3, 0.4) is 0 Å². The fraction of sp³-hybridized carbons (Fsp3) is 0.250.